The van der Waals surface area contributed by atoms with E-state index in [1.165, 1.54) is 22.3 Å². The van der Waals surface area contributed by atoms with E-state index in [1.54, 1.807) is 11.3 Å². The quantitative estimate of drug-likeness (QED) is 0.659. The van der Waals surface area contributed by atoms with Gasteiger partial charge in [-0.15, -0.1) is 0 Å². The number of rotatable bonds is 3. The molecule has 1 aromatic carbocycles. The molecule has 0 aliphatic carbocycles. The average molecular weight is 323 g/mol. The van der Waals surface area contributed by atoms with Gasteiger partial charge in [0.05, 0.1) is 6.61 Å². The zero-order valence-electron chi connectivity index (χ0n) is 12.9. The zero-order chi connectivity index (χ0) is 15.8. The molecule has 0 fully saturated rings. The first kappa shape index (κ1) is 14.3. The molecule has 2 aromatic heterocycles. The summed E-state index contributed by atoms with van der Waals surface area (Å²) in [7, 11) is 0. The van der Waals surface area contributed by atoms with E-state index in [0.29, 0.717) is 12.3 Å². The predicted octanol–water partition coefficient (Wildman–Crippen LogP) is 4.62. The fraction of sp³-hybridized carbons (Fsp3) is 0.211. The third-order valence-corrected chi connectivity index (χ3v) is 4.99. The minimum atomic E-state index is -0.239. The fourth-order valence-electron chi connectivity index (χ4n) is 3.22. The molecule has 0 unspecified atom stereocenters. The Morgan fingerprint density at radius 1 is 1.22 bits per heavy atom. The first-order valence-corrected chi connectivity index (χ1v) is 8.74. The van der Waals surface area contributed by atoms with E-state index in [4.69, 9.17) is 4.74 Å². The number of carbonyl (C=O) groups is 1. The Balaban J connectivity index is 1.75. The van der Waals surface area contributed by atoms with Gasteiger partial charge in [-0.3, -0.25) is 0 Å². The summed E-state index contributed by atoms with van der Waals surface area (Å²) < 4.78 is 7.22. The van der Waals surface area contributed by atoms with Crippen molar-refractivity contribution in [3.63, 3.8) is 0 Å². The molecule has 23 heavy (non-hydrogen) atoms. The number of nitrogens with zero attached hydrogens (tertiary/aromatic N) is 1. The van der Waals surface area contributed by atoms with Crippen molar-refractivity contribution in [1.29, 1.82) is 0 Å². The summed E-state index contributed by atoms with van der Waals surface area (Å²) in [4.78, 5) is 12.1. The minimum Gasteiger partial charge on any atom is -0.461 e. The fourth-order valence-corrected chi connectivity index (χ4v) is 3.88. The zero-order valence-corrected chi connectivity index (χ0v) is 13.7. The Kier molecular flexibility index (Phi) is 3.54. The number of aromatic nitrogens is 1. The number of benzene rings is 1. The number of thiophene rings is 1. The smallest absolute Gasteiger partial charge is 0.354 e. The molecule has 0 N–H and O–H groups in total. The van der Waals surface area contributed by atoms with Crippen molar-refractivity contribution >= 4 is 17.3 Å². The lowest BCUT2D eigenvalue weighted by Crippen LogP contribution is -2.17. The lowest BCUT2D eigenvalue weighted by molar-refractivity contribution is 0.0514. The maximum Gasteiger partial charge on any atom is 0.354 e. The summed E-state index contributed by atoms with van der Waals surface area (Å²) in [6.07, 6.45) is 0.932. The molecule has 1 aliphatic heterocycles. The number of hydrogen-bond donors (Lipinski definition) is 0. The van der Waals surface area contributed by atoms with Crippen molar-refractivity contribution < 1.29 is 9.53 Å². The van der Waals surface area contributed by atoms with Gasteiger partial charge in [-0.1, -0.05) is 18.2 Å². The topological polar surface area (TPSA) is 31.2 Å². The SMILES string of the molecule is CCOC(=O)c1ccc2n1CCc1cc(-c3ccsc3)ccc1-2. The molecule has 0 atom stereocenters. The molecule has 1 aliphatic rings. The van der Waals surface area contributed by atoms with Crippen LogP contribution >= 0.6 is 11.3 Å². The van der Waals surface area contributed by atoms with Gasteiger partial charge in [0, 0.05) is 17.8 Å². The van der Waals surface area contributed by atoms with Crippen molar-refractivity contribution in [3.05, 3.63) is 58.4 Å². The van der Waals surface area contributed by atoms with Crippen molar-refractivity contribution in [2.45, 2.75) is 19.9 Å². The van der Waals surface area contributed by atoms with Gasteiger partial charge in [0.15, 0.2) is 0 Å². The van der Waals surface area contributed by atoms with Gasteiger partial charge in [0.2, 0.25) is 0 Å². The first-order valence-electron chi connectivity index (χ1n) is 7.80. The van der Waals surface area contributed by atoms with Crippen LogP contribution in [-0.4, -0.2) is 17.1 Å². The highest BCUT2D eigenvalue weighted by Crippen LogP contribution is 2.34. The molecule has 0 amide bonds. The molecule has 0 bridgehead atoms. The maximum atomic E-state index is 12.1. The third kappa shape index (κ3) is 2.39. The average Bonchev–Trinajstić information content (AvgIpc) is 3.24. The monoisotopic (exact) mass is 323 g/mol. The summed E-state index contributed by atoms with van der Waals surface area (Å²) in [6.45, 7) is 3.05. The second-order valence-corrected chi connectivity index (χ2v) is 6.39. The predicted molar refractivity (Wildman–Crippen MR) is 92.8 cm³/mol. The van der Waals surface area contributed by atoms with Crippen LogP contribution in [0.1, 0.15) is 23.0 Å². The van der Waals surface area contributed by atoms with E-state index in [2.05, 4.69) is 39.6 Å². The lowest BCUT2D eigenvalue weighted by Gasteiger charge is -2.21. The number of aryl methyl sites for hydroxylation is 1. The van der Waals surface area contributed by atoms with Crippen LogP contribution in [0.4, 0.5) is 0 Å². The highest BCUT2D eigenvalue weighted by molar-refractivity contribution is 7.08. The second kappa shape index (κ2) is 5.70. The van der Waals surface area contributed by atoms with E-state index in [-0.39, 0.29) is 5.97 Å². The molecule has 0 saturated heterocycles. The number of fused-ring (bicyclic) bond motifs is 3. The van der Waals surface area contributed by atoms with E-state index >= 15 is 0 Å². The number of esters is 1. The van der Waals surface area contributed by atoms with Crippen LogP contribution < -0.4 is 0 Å². The Labute approximate surface area is 139 Å². The van der Waals surface area contributed by atoms with Crippen LogP contribution in [0, 0.1) is 0 Å². The van der Waals surface area contributed by atoms with Crippen LogP contribution in [0.2, 0.25) is 0 Å². The van der Waals surface area contributed by atoms with Gasteiger partial charge in [-0.05, 0) is 59.0 Å². The normalized spacial score (nSPS) is 12.6. The van der Waals surface area contributed by atoms with Gasteiger partial charge in [0.25, 0.3) is 0 Å². The molecule has 3 heterocycles. The molecule has 0 radical (unpaired) electrons. The standard InChI is InChI=1S/C19H17NO2S/c1-2-22-19(21)18-6-5-17-16-4-3-13(15-8-10-23-12-15)11-14(16)7-9-20(17)18/h3-6,8,10-12H,2,7,9H2,1H3. The van der Waals surface area contributed by atoms with Crippen LogP contribution in [0.3, 0.4) is 0 Å². The molecular formula is C19H17NO2S. The summed E-state index contributed by atoms with van der Waals surface area (Å²) in [5.74, 6) is -0.239. The molecule has 116 valence electrons. The Hall–Kier alpha value is -2.33. The number of hydrogen-bond acceptors (Lipinski definition) is 3. The number of carbonyl (C=O) groups excluding carboxylic acids is 1. The molecule has 4 heteroatoms. The Bertz CT molecular complexity index is 862. The third-order valence-electron chi connectivity index (χ3n) is 4.31. The van der Waals surface area contributed by atoms with Crippen LogP contribution in [-0.2, 0) is 17.7 Å². The Morgan fingerprint density at radius 3 is 2.91 bits per heavy atom. The molecule has 0 spiro atoms. The van der Waals surface area contributed by atoms with Gasteiger partial charge in [0.1, 0.15) is 5.69 Å². The van der Waals surface area contributed by atoms with E-state index in [9.17, 15) is 4.79 Å². The van der Waals surface area contributed by atoms with Gasteiger partial charge in [-0.2, -0.15) is 11.3 Å². The van der Waals surface area contributed by atoms with Crippen molar-refractivity contribution in [2.75, 3.05) is 6.61 Å². The molecule has 0 saturated carbocycles. The van der Waals surface area contributed by atoms with E-state index in [1.807, 2.05) is 19.1 Å². The number of ether oxygens (including phenoxy) is 1. The molecule has 4 rings (SSSR count). The van der Waals surface area contributed by atoms with Crippen molar-refractivity contribution in [2.24, 2.45) is 0 Å². The second-order valence-electron chi connectivity index (χ2n) is 5.61. The highest BCUT2D eigenvalue weighted by atomic mass is 32.1. The van der Waals surface area contributed by atoms with Crippen LogP contribution in [0.5, 0.6) is 0 Å². The van der Waals surface area contributed by atoms with Gasteiger partial charge < -0.3 is 9.30 Å². The van der Waals surface area contributed by atoms with Gasteiger partial charge in [-0.25, -0.2) is 4.79 Å². The minimum absolute atomic E-state index is 0.239. The molecule has 3 nitrogen and oxygen atoms in total. The van der Waals surface area contributed by atoms with Crippen molar-refractivity contribution in [3.8, 4) is 22.4 Å². The van der Waals surface area contributed by atoms with E-state index < -0.39 is 0 Å². The van der Waals surface area contributed by atoms with Crippen molar-refractivity contribution in [1.82, 2.24) is 4.57 Å². The maximum absolute atomic E-state index is 12.1. The molecular weight excluding hydrogens is 306 g/mol. The molecule has 3 aromatic rings. The summed E-state index contributed by atoms with van der Waals surface area (Å²) in [5, 5.41) is 4.28. The largest absolute Gasteiger partial charge is 0.461 e. The summed E-state index contributed by atoms with van der Waals surface area (Å²) >= 11 is 1.72. The lowest BCUT2D eigenvalue weighted by atomic mass is 9.94. The van der Waals surface area contributed by atoms with Crippen LogP contribution in [0.15, 0.2) is 47.2 Å². The van der Waals surface area contributed by atoms with Gasteiger partial charge >= 0.3 is 5.97 Å². The Morgan fingerprint density at radius 2 is 2.13 bits per heavy atom. The summed E-state index contributed by atoms with van der Waals surface area (Å²) in [6, 6.07) is 12.6. The summed E-state index contributed by atoms with van der Waals surface area (Å²) in [5.41, 5.74) is 6.84. The van der Waals surface area contributed by atoms with E-state index in [0.717, 1.165) is 18.7 Å². The van der Waals surface area contributed by atoms with Crippen LogP contribution in [0.25, 0.3) is 22.4 Å². The first-order chi connectivity index (χ1) is 11.3. The highest BCUT2D eigenvalue weighted by Gasteiger charge is 2.22.